The van der Waals surface area contributed by atoms with Gasteiger partial charge in [-0.1, -0.05) is 12.1 Å². The smallest absolute Gasteiger partial charge is 0.239 e. The van der Waals surface area contributed by atoms with Crippen molar-refractivity contribution >= 4 is 27.2 Å². The van der Waals surface area contributed by atoms with Crippen LogP contribution in [0.1, 0.15) is 28.4 Å². The van der Waals surface area contributed by atoms with Crippen molar-refractivity contribution in [3.05, 3.63) is 59.2 Å². The van der Waals surface area contributed by atoms with E-state index in [0.29, 0.717) is 23.6 Å². The molecule has 0 spiro atoms. The quantitative estimate of drug-likeness (QED) is 0.701. The number of rotatable bonds is 8. The maximum Gasteiger partial charge on any atom is 0.239 e. The molecule has 0 unspecified atom stereocenters. The van der Waals surface area contributed by atoms with Crippen molar-refractivity contribution in [2.75, 3.05) is 23.4 Å². The summed E-state index contributed by atoms with van der Waals surface area (Å²) in [5.41, 5.74) is 2.71. The first kappa shape index (κ1) is 20.6. The van der Waals surface area contributed by atoms with Gasteiger partial charge in [-0.3, -0.25) is 9.59 Å². The summed E-state index contributed by atoms with van der Waals surface area (Å²) in [6, 6.07) is 11.6. The van der Waals surface area contributed by atoms with Crippen molar-refractivity contribution in [1.29, 1.82) is 0 Å². The number of amides is 1. The SMILES string of the molecule is CCOc1ccc(NC(=O)CS(=O)(=O)CC(=O)c2ccc(C)c(C)c2)cc1. The zero-order valence-corrected chi connectivity index (χ0v) is 16.4. The summed E-state index contributed by atoms with van der Waals surface area (Å²) >= 11 is 0. The van der Waals surface area contributed by atoms with Gasteiger partial charge in [0.05, 0.1) is 6.61 Å². The third-order valence-corrected chi connectivity index (χ3v) is 5.38. The first-order chi connectivity index (χ1) is 12.7. The number of sulfone groups is 1. The van der Waals surface area contributed by atoms with Crippen LogP contribution < -0.4 is 10.1 Å². The van der Waals surface area contributed by atoms with Crippen LogP contribution in [-0.2, 0) is 14.6 Å². The molecule has 0 atom stereocenters. The van der Waals surface area contributed by atoms with Crippen LogP contribution in [0.15, 0.2) is 42.5 Å². The van der Waals surface area contributed by atoms with Gasteiger partial charge in [0.25, 0.3) is 0 Å². The molecule has 0 saturated heterocycles. The minimum Gasteiger partial charge on any atom is -0.494 e. The summed E-state index contributed by atoms with van der Waals surface area (Å²) in [6.07, 6.45) is 0. The molecule has 27 heavy (non-hydrogen) atoms. The molecule has 0 saturated carbocycles. The van der Waals surface area contributed by atoms with Crippen LogP contribution in [0.2, 0.25) is 0 Å². The maximum absolute atomic E-state index is 12.2. The highest BCUT2D eigenvalue weighted by atomic mass is 32.2. The number of benzene rings is 2. The highest BCUT2D eigenvalue weighted by Crippen LogP contribution is 2.16. The number of hydrogen-bond donors (Lipinski definition) is 1. The molecule has 6 nitrogen and oxygen atoms in total. The second-order valence-corrected chi connectivity index (χ2v) is 8.32. The van der Waals surface area contributed by atoms with E-state index >= 15 is 0 Å². The summed E-state index contributed by atoms with van der Waals surface area (Å²) in [4.78, 5) is 24.3. The Morgan fingerprint density at radius 3 is 2.22 bits per heavy atom. The molecule has 0 heterocycles. The third-order valence-electron chi connectivity index (χ3n) is 3.98. The summed E-state index contributed by atoms with van der Waals surface area (Å²) < 4.78 is 29.7. The molecule has 1 amide bonds. The van der Waals surface area contributed by atoms with E-state index in [2.05, 4.69) is 5.32 Å². The van der Waals surface area contributed by atoms with E-state index in [1.54, 1.807) is 42.5 Å². The lowest BCUT2D eigenvalue weighted by Gasteiger charge is -2.08. The molecule has 7 heteroatoms. The van der Waals surface area contributed by atoms with Crippen LogP contribution in [0.3, 0.4) is 0 Å². The summed E-state index contributed by atoms with van der Waals surface area (Å²) in [5.74, 6) is -2.01. The maximum atomic E-state index is 12.2. The minimum atomic E-state index is -3.87. The molecule has 0 aliphatic carbocycles. The van der Waals surface area contributed by atoms with Gasteiger partial charge >= 0.3 is 0 Å². The Morgan fingerprint density at radius 2 is 1.63 bits per heavy atom. The summed E-state index contributed by atoms with van der Waals surface area (Å²) in [5, 5.41) is 2.51. The van der Waals surface area contributed by atoms with E-state index in [9.17, 15) is 18.0 Å². The second kappa shape index (κ2) is 8.81. The highest BCUT2D eigenvalue weighted by molar-refractivity contribution is 7.92. The molecule has 0 aliphatic heterocycles. The molecular weight excluding hydrogens is 366 g/mol. The predicted molar refractivity (Wildman–Crippen MR) is 105 cm³/mol. The van der Waals surface area contributed by atoms with Crippen molar-refractivity contribution in [3.63, 3.8) is 0 Å². The molecule has 2 aromatic carbocycles. The van der Waals surface area contributed by atoms with Gasteiger partial charge in [0.1, 0.15) is 17.3 Å². The highest BCUT2D eigenvalue weighted by Gasteiger charge is 2.22. The van der Waals surface area contributed by atoms with E-state index in [4.69, 9.17) is 4.74 Å². The van der Waals surface area contributed by atoms with Gasteiger partial charge < -0.3 is 10.1 Å². The number of nitrogens with one attached hydrogen (secondary N) is 1. The fraction of sp³-hybridized carbons (Fsp3) is 0.300. The lowest BCUT2D eigenvalue weighted by molar-refractivity contribution is -0.113. The molecule has 0 radical (unpaired) electrons. The second-order valence-electron chi connectivity index (χ2n) is 6.26. The van der Waals surface area contributed by atoms with Gasteiger partial charge in [-0.05, 0) is 62.2 Å². The van der Waals surface area contributed by atoms with E-state index in [1.165, 1.54) is 0 Å². The summed E-state index contributed by atoms with van der Waals surface area (Å²) in [6.45, 7) is 6.15. The predicted octanol–water partition coefficient (Wildman–Crippen LogP) is 2.94. The molecular formula is C20H23NO5S. The van der Waals surface area contributed by atoms with Gasteiger partial charge in [-0.2, -0.15) is 0 Å². The van der Waals surface area contributed by atoms with Crippen LogP contribution in [-0.4, -0.2) is 38.2 Å². The number of ether oxygens (including phenoxy) is 1. The van der Waals surface area contributed by atoms with Gasteiger partial charge in [-0.15, -0.1) is 0 Å². The van der Waals surface area contributed by atoms with Crippen LogP contribution in [0, 0.1) is 13.8 Å². The Balaban J connectivity index is 1.97. The van der Waals surface area contributed by atoms with Gasteiger partial charge in [0.15, 0.2) is 15.6 Å². The number of carbonyl (C=O) groups is 2. The molecule has 0 fully saturated rings. The largest absolute Gasteiger partial charge is 0.494 e. The zero-order valence-electron chi connectivity index (χ0n) is 15.6. The van der Waals surface area contributed by atoms with E-state index in [-0.39, 0.29) is 0 Å². The average molecular weight is 389 g/mol. The van der Waals surface area contributed by atoms with Gasteiger partial charge in [0, 0.05) is 11.3 Å². The third kappa shape index (κ3) is 6.21. The van der Waals surface area contributed by atoms with Crippen molar-refractivity contribution in [2.45, 2.75) is 20.8 Å². The number of anilines is 1. The monoisotopic (exact) mass is 389 g/mol. The summed E-state index contributed by atoms with van der Waals surface area (Å²) in [7, 11) is -3.87. The lowest BCUT2D eigenvalue weighted by atomic mass is 10.0. The van der Waals surface area contributed by atoms with E-state index in [1.807, 2.05) is 20.8 Å². The van der Waals surface area contributed by atoms with Crippen LogP contribution >= 0.6 is 0 Å². The van der Waals surface area contributed by atoms with Crippen molar-refractivity contribution in [1.82, 2.24) is 0 Å². The Kier molecular flexibility index (Phi) is 6.74. The minimum absolute atomic E-state index is 0.327. The molecule has 144 valence electrons. The number of ketones is 1. The van der Waals surface area contributed by atoms with Gasteiger partial charge in [0.2, 0.25) is 5.91 Å². The first-order valence-electron chi connectivity index (χ1n) is 8.54. The number of carbonyl (C=O) groups excluding carboxylic acids is 2. The first-order valence-corrected chi connectivity index (χ1v) is 10.4. The normalized spacial score (nSPS) is 11.1. The van der Waals surface area contributed by atoms with Crippen molar-refractivity contribution in [3.8, 4) is 5.75 Å². The van der Waals surface area contributed by atoms with Crippen LogP contribution in [0.25, 0.3) is 0 Å². The number of hydrogen-bond acceptors (Lipinski definition) is 5. The number of Topliss-reactive ketones (excluding diaryl/α,β-unsaturated/α-hetero) is 1. The van der Waals surface area contributed by atoms with E-state index < -0.39 is 33.0 Å². The molecule has 1 N–H and O–H groups in total. The Bertz CT molecular complexity index is 933. The molecule has 2 aromatic rings. The van der Waals surface area contributed by atoms with Crippen molar-refractivity contribution < 1.29 is 22.7 Å². The average Bonchev–Trinajstić information content (AvgIpc) is 2.58. The van der Waals surface area contributed by atoms with Gasteiger partial charge in [-0.25, -0.2) is 8.42 Å². The van der Waals surface area contributed by atoms with E-state index in [0.717, 1.165) is 11.1 Å². The molecule has 0 aliphatic rings. The topological polar surface area (TPSA) is 89.5 Å². The van der Waals surface area contributed by atoms with Crippen LogP contribution in [0.4, 0.5) is 5.69 Å². The fourth-order valence-corrected chi connectivity index (χ4v) is 3.59. The lowest BCUT2D eigenvalue weighted by Crippen LogP contribution is -2.27. The Hall–Kier alpha value is -2.67. The molecule has 2 rings (SSSR count). The molecule has 0 bridgehead atoms. The Labute approximate surface area is 159 Å². The fourth-order valence-electron chi connectivity index (χ4n) is 2.45. The van der Waals surface area contributed by atoms with Crippen LogP contribution in [0.5, 0.6) is 5.75 Å². The standard InChI is InChI=1S/C20H23NO5S/c1-4-26-18-9-7-17(8-10-18)21-20(23)13-27(24,25)12-19(22)16-6-5-14(2)15(3)11-16/h5-11H,4,12-13H2,1-3H3,(H,21,23). The number of aryl methyl sites for hydroxylation is 2. The zero-order chi connectivity index (χ0) is 20.0. The molecule has 0 aromatic heterocycles. The van der Waals surface area contributed by atoms with Crippen molar-refractivity contribution in [2.24, 2.45) is 0 Å². The Morgan fingerprint density at radius 1 is 0.963 bits per heavy atom.